The van der Waals surface area contributed by atoms with Crippen LogP contribution in [0.5, 0.6) is 0 Å². The van der Waals surface area contributed by atoms with Gasteiger partial charge in [-0.05, 0) is 68.9 Å². The first-order valence-electron chi connectivity index (χ1n) is 12.5. The van der Waals surface area contributed by atoms with E-state index in [-0.39, 0.29) is 10.8 Å². The van der Waals surface area contributed by atoms with Crippen LogP contribution in [0.2, 0.25) is 0 Å². The molecule has 1 aliphatic rings. The summed E-state index contributed by atoms with van der Waals surface area (Å²) in [6, 6.07) is 0. The molecule has 0 fully saturated rings. The highest BCUT2D eigenvalue weighted by Crippen LogP contribution is 2.34. The molecule has 1 aliphatic carbocycles. The molecule has 0 atom stereocenters. The van der Waals surface area contributed by atoms with Crippen LogP contribution in [-0.2, 0) is 0 Å². The molecule has 2 heteroatoms. The standard InChI is InChI=1S/C31H48N2/c1-13-30(8,9)24(6)18-16-22(4)26-20-21-27(29(33-12)28(26)32-11)23(5)17-19-25(7)31(10,14-2)15-3/h16-21H,13-15H2,1-12H3/b22-16+,23-17+,24-18+,25-19+,32-28-,33-29-. The van der Waals surface area contributed by atoms with E-state index in [1.807, 2.05) is 14.1 Å². The second-order valence-corrected chi connectivity index (χ2v) is 10.2. The zero-order valence-electron chi connectivity index (χ0n) is 23.5. The van der Waals surface area contributed by atoms with Gasteiger partial charge in [0.25, 0.3) is 0 Å². The van der Waals surface area contributed by atoms with Gasteiger partial charge in [-0.2, -0.15) is 0 Å². The van der Waals surface area contributed by atoms with Gasteiger partial charge in [-0.15, -0.1) is 0 Å². The van der Waals surface area contributed by atoms with Gasteiger partial charge in [0.05, 0.1) is 11.4 Å². The van der Waals surface area contributed by atoms with Crippen LogP contribution in [0.4, 0.5) is 0 Å². The smallest absolute Gasteiger partial charge is 0.0903 e. The van der Waals surface area contributed by atoms with Crippen LogP contribution in [0.15, 0.2) is 79.9 Å². The molecule has 0 unspecified atom stereocenters. The van der Waals surface area contributed by atoms with Gasteiger partial charge in [0, 0.05) is 25.2 Å². The first kappa shape index (κ1) is 28.8. The minimum atomic E-state index is 0.210. The first-order valence-corrected chi connectivity index (χ1v) is 12.5. The molecule has 0 bridgehead atoms. The summed E-state index contributed by atoms with van der Waals surface area (Å²) in [7, 11) is 3.73. The van der Waals surface area contributed by atoms with Crippen molar-refractivity contribution in [3.05, 3.63) is 69.9 Å². The highest BCUT2D eigenvalue weighted by atomic mass is 14.8. The number of rotatable bonds is 9. The van der Waals surface area contributed by atoms with Crippen molar-refractivity contribution in [1.82, 2.24) is 0 Å². The molecule has 0 aromatic rings. The molecule has 1 rings (SSSR count). The van der Waals surface area contributed by atoms with Crippen LogP contribution in [0.1, 0.15) is 88.5 Å². The average molecular weight is 449 g/mol. The number of hydrogen-bond acceptors (Lipinski definition) is 2. The zero-order chi connectivity index (χ0) is 25.4. The summed E-state index contributed by atoms with van der Waals surface area (Å²) in [5.74, 6) is 0. The molecule has 33 heavy (non-hydrogen) atoms. The Kier molecular flexibility index (Phi) is 10.7. The molecule has 0 aliphatic heterocycles. The van der Waals surface area contributed by atoms with Gasteiger partial charge in [0.1, 0.15) is 0 Å². The van der Waals surface area contributed by atoms with Crippen LogP contribution in [0.3, 0.4) is 0 Å². The maximum absolute atomic E-state index is 4.66. The van der Waals surface area contributed by atoms with E-state index in [0.717, 1.165) is 41.8 Å². The summed E-state index contributed by atoms with van der Waals surface area (Å²) in [6.07, 6.45) is 16.8. The van der Waals surface area contributed by atoms with Crippen LogP contribution >= 0.6 is 0 Å². The van der Waals surface area contributed by atoms with Crippen LogP contribution in [0.25, 0.3) is 0 Å². The maximum Gasteiger partial charge on any atom is 0.0903 e. The van der Waals surface area contributed by atoms with Crippen molar-refractivity contribution in [2.45, 2.75) is 88.5 Å². The molecule has 0 saturated heterocycles. The number of allylic oxidation sites excluding steroid dienone is 12. The first-order chi connectivity index (χ1) is 15.4. The predicted molar refractivity (Wildman–Crippen MR) is 151 cm³/mol. The molecule has 2 nitrogen and oxygen atoms in total. The van der Waals surface area contributed by atoms with E-state index in [0.29, 0.717) is 0 Å². The van der Waals surface area contributed by atoms with Crippen molar-refractivity contribution < 1.29 is 0 Å². The normalized spacial score (nSPS) is 19.9. The van der Waals surface area contributed by atoms with E-state index >= 15 is 0 Å². The lowest BCUT2D eigenvalue weighted by Gasteiger charge is -2.28. The number of aliphatic imine (C=N–C) groups is 2. The molecule has 0 heterocycles. The molecule has 0 saturated carbocycles. The topological polar surface area (TPSA) is 24.7 Å². The molecule has 0 N–H and O–H groups in total. The average Bonchev–Trinajstić information content (AvgIpc) is 2.83. The van der Waals surface area contributed by atoms with Gasteiger partial charge >= 0.3 is 0 Å². The fourth-order valence-corrected chi connectivity index (χ4v) is 3.86. The highest BCUT2D eigenvalue weighted by molar-refractivity contribution is 6.56. The quantitative estimate of drug-likeness (QED) is 0.248. The molecule has 182 valence electrons. The summed E-state index contributed by atoms with van der Waals surface area (Å²) >= 11 is 0. The zero-order valence-corrected chi connectivity index (χ0v) is 23.5. The third kappa shape index (κ3) is 6.88. The van der Waals surface area contributed by atoms with Crippen LogP contribution in [-0.4, -0.2) is 25.5 Å². The Morgan fingerprint density at radius 1 is 0.667 bits per heavy atom. The van der Waals surface area contributed by atoms with E-state index in [4.69, 9.17) is 0 Å². The Hall–Kier alpha value is -2.22. The summed E-state index contributed by atoms with van der Waals surface area (Å²) < 4.78 is 0. The highest BCUT2D eigenvalue weighted by Gasteiger charge is 2.24. The Morgan fingerprint density at radius 2 is 1.06 bits per heavy atom. The van der Waals surface area contributed by atoms with E-state index in [1.165, 1.54) is 22.3 Å². The van der Waals surface area contributed by atoms with Crippen molar-refractivity contribution in [3.8, 4) is 0 Å². The van der Waals surface area contributed by atoms with Gasteiger partial charge in [-0.25, -0.2) is 0 Å². The van der Waals surface area contributed by atoms with Gasteiger partial charge in [0.2, 0.25) is 0 Å². The minimum Gasteiger partial charge on any atom is -0.286 e. The second kappa shape index (κ2) is 12.3. The number of hydrogen-bond donors (Lipinski definition) is 0. The maximum atomic E-state index is 4.66. The van der Waals surface area contributed by atoms with E-state index in [2.05, 4.69) is 116 Å². The van der Waals surface area contributed by atoms with E-state index < -0.39 is 0 Å². The molecule has 0 aromatic heterocycles. The summed E-state index contributed by atoms with van der Waals surface area (Å²) in [5, 5.41) is 0. The third-order valence-electron chi connectivity index (χ3n) is 8.08. The SMILES string of the molecule is CCC(C)(C)/C(C)=C/C=C(\C)C1=CC=C(/C(C)=C/C=C(\C)C(C)(CC)CC)C(=N/C)/C1=N\C. The third-order valence-corrected chi connectivity index (χ3v) is 8.08. The van der Waals surface area contributed by atoms with Crippen molar-refractivity contribution in [2.75, 3.05) is 14.1 Å². The summed E-state index contributed by atoms with van der Waals surface area (Å²) in [6.45, 7) is 22.5. The van der Waals surface area contributed by atoms with E-state index in [1.54, 1.807) is 0 Å². The number of nitrogens with zero attached hydrogens (tertiary/aromatic N) is 2. The molecular formula is C31H48N2. The summed E-state index contributed by atoms with van der Waals surface area (Å²) in [5.41, 5.74) is 9.91. The van der Waals surface area contributed by atoms with Crippen LogP contribution < -0.4 is 0 Å². The molecule has 0 spiro atoms. The van der Waals surface area contributed by atoms with Gasteiger partial charge in [-0.3, -0.25) is 9.98 Å². The predicted octanol–water partition coefficient (Wildman–Crippen LogP) is 9.04. The lowest BCUT2D eigenvalue weighted by atomic mass is 9.77. The van der Waals surface area contributed by atoms with Gasteiger partial charge in [0.15, 0.2) is 0 Å². The van der Waals surface area contributed by atoms with E-state index in [9.17, 15) is 0 Å². The summed E-state index contributed by atoms with van der Waals surface area (Å²) in [4.78, 5) is 9.32. The van der Waals surface area contributed by atoms with Crippen molar-refractivity contribution in [2.24, 2.45) is 20.8 Å². The van der Waals surface area contributed by atoms with Crippen molar-refractivity contribution in [3.63, 3.8) is 0 Å². The minimum absolute atomic E-state index is 0.210. The fraction of sp³-hybridized carbons (Fsp3) is 0.548. The molecule has 0 aromatic carbocycles. The largest absolute Gasteiger partial charge is 0.286 e. The Labute approximate surface area is 204 Å². The second-order valence-electron chi connectivity index (χ2n) is 10.2. The van der Waals surface area contributed by atoms with Crippen molar-refractivity contribution in [1.29, 1.82) is 0 Å². The van der Waals surface area contributed by atoms with Crippen molar-refractivity contribution >= 4 is 11.4 Å². The fourth-order valence-electron chi connectivity index (χ4n) is 3.86. The Bertz CT molecular complexity index is 949. The van der Waals surface area contributed by atoms with Crippen LogP contribution in [0, 0.1) is 10.8 Å². The lowest BCUT2D eigenvalue weighted by Crippen LogP contribution is -2.23. The molecule has 0 radical (unpaired) electrons. The van der Waals surface area contributed by atoms with Gasteiger partial charge < -0.3 is 0 Å². The Balaban J connectivity index is 3.44. The molecule has 0 amide bonds. The molecular weight excluding hydrogens is 400 g/mol. The van der Waals surface area contributed by atoms with Gasteiger partial charge in [-0.1, -0.05) is 89.1 Å². The Morgan fingerprint density at radius 3 is 1.39 bits per heavy atom. The monoisotopic (exact) mass is 448 g/mol. The lowest BCUT2D eigenvalue weighted by molar-refractivity contribution is 0.368.